The van der Waals surface area contributed by atoms with Gasteiger partial charge in [-0.2, -0.15) is 0 Å². The van der Waals surface area contributed by atoms with Gasteiger partial charge in [0.1, 0.15) is 11.6 Å². The van der Waals surface area contributed by atoms with Crippen molar-refractivity contribution in [3.8, 4) is 0 Å². The van der Waals surface area contributed by atoms with Crippen molar-refractivity contribution in [3.05, 3.63) is 29.8 Å². The number of rotatable bonds is 4. The van der Waals surface area contributed by atoms with E-state index in [1.807, 2.05) is 20.8 Å². The second-order valence-corrected chi connectivity index (χ2v) is 5.57. The zero-order valence-corrected chi connectivity index (χ0v) is 14.9. The van der Waals surface area contributed by atoms with E-state index in [0.717, 1.165) is 18.2 Å². The Morgan fingerprint density at radius 1 is 1.38 bits per heavy atom. The molecule has 21 heavy (non-hydrogen) atoms. The van der Waals surface area contributed by atoms with E-state index in [1.165, 1.54) is 0 Å². The lowest BCUT2D eigenvalue weighted by Gasteiger charge is -2.27. The minimum atomic E-state index is -0.594. The van der Waals surface area contributed by atoms with Crippen molar-refractivity contribution in [2.24, 2.45) is 16.1 Å². The molecule has 0 saturated carbocycles. The third-order valence-electron chi connectivity index (χ3n) is 2.87. The number of hydrogen-bond donors (Lipinski definition) is 2. The molecule has 0 spiro atoms. The highest BCUT2D eigenvalue weighted by molar-refractivity contribution is 14.0. The van der Waals surface area contributed by atoms with E-state index >= 15 is 0 Å². The van der Waals surface area contributed by atoms with Gasteiger partial charge < -0.3 is 15.8 Å². The summed E-state index contributed by atoms with van der Waals surface area (Å²) >= 11 is 0. The summed E-state index contributed by atoms with van der Waals surface area (Å²) in [5.41, 5.74) is 5.53. The van der Waals surface area contributed by atoms with Crippen LogP contribution < -0.4 is 11.1 Å². The fourth-order valence-corrected chi connectivity index (χ4v) is 1.65. The first-order valence-electron chi connectivity index (χ1n) is 6.29. The maximum absolute atomic E-state index is 13.4. The summed E-state index contributed by atoms with van der Waals surface area (Å²) in [6, 6.07) is 3.09. The molecule has 0 aliphatic carbocycles. The Morgan fingerprint density at radius 2 is 2.00 bits per heavy atom. The lowest BCUT2D eigenvalue weighted by atomic mass is 9.89. The molecule has 3 N–H and O–H groups in total. The summed E-state index contributed by atoms with van der Waals surface area (Å²) in [5.74, 6) is -1.13. The lowest BCUT2D eigenvalue weighted by Crippen LogP contribution is -2.33. The molecular weight excluding hydrogens is 391 g/mol. The molecule has 0 fully saturated rings. The van der Waals surface area contributed by atoms with E-state index in [4.69, 9.17) is 10.5 Å². The van der Waals surface area contributed by atoms with Gasteiger partial charge in [-0.05, 0) is 17.5 Å². The minimum Gasteiger partial charge on any atom is -0.379 e. The lowest BCUT2D eigenvalue weighted by molar-refractivity contribution is 0.0242. The number of ether oxygens (including phenoxy) is 1. The Morgan fingerprint density at radius 3 is 2.52 bits per heavy atom. The Balaban J connectivity index is 0.00000400. The summed E-state index contributed by atoms with van der Waals surface area (Å²) in [5, 5.41) is 2.54. The molecule has 0 aliphatic rings. The van der Waals surface area contributed by atoms with Gasteiger partial charge in [-0.25, -0.2) is 8.78 Å². The highest BCUT2D eigenvalue weighted by Gasteiger charge is 2.23. The highest BCUT2D eigenvalue weighted by Crippen LogP contribution is 2.22. The summed E-state index contributed by atoms with van der Waals surface area (Å²) < 4.78 is 31.8. The van der Waals surface area contributed by atoms with Gasteiger partial charge in [0, 0.05) is 13.2 Å². The summed E-state index contributed by atoms with van der Waals surface area (Å²) in [6.45, 7) is 6.39. The average Bonchev–Trinajstić information content (AvgIpc) is 2.33. The zero-order chi connectivity index (χ0) is 15.3. The van der Waals surface area contributed by atoms with E-state index in [9.17, 15) is 8.78 Å². The van der Waals surface area contributed by atoms with Gasteiger partial charge in [-0.3, -0.25) is 4.99 Å². The van der Waals surface area contributed by atoms with Crippen LogP contribution in [0.3, 0.4) is 0 Å². The Bertz CT molecular complexity index is 490. The number of nitrogens with zero attached hydrogens (tertiary/aromatic N) is 1. The van der Waals surface area contributed by atoms with Crippen LogP contribution in [0.2, 0.25) is 0 Å². The van der Waals surface area contributed by atoms with E-state index in [0.29, 0.717) is 6.54 Å². The van der Waals surface area contributed by atoms with Crippen LogP contribution >= 0.6 is 24.0 Å². The average molecular weight is 413 g/mol. The van der Waals surface area contributed by atoms with Gasteiger partial charge in [0.2, 0.25) is 0 Å². The van der Waals surface area contributed by atoms with Crippen molar-refractivity contribution in [2.75, 3.05) is 19.0 Å². The normalized spacial score (nSPS) is 13.5. The molecule has 1 atom stereocenters. The van der Waals surface area contributed by atoms with Crippen LogP contribution in [-0.2, 0) is 4.74 Å². The van der Waals surface area contributed by atoms with Crippen molar-refractivity contribution >= 4 is 35.6 Å². The maximum Gasteiger partial charge on any atom is 0.193 e. The first-order valence-corrected chi connectivity index (χ1v) is 6.29. The van der Waals surface area contributed by atoms with E-state index in [2.05, 4.69) is 10.3 Å². The predicted octanol–water partition coefficient (Wildman–Crippen LogP) is 3.37. The number of hydrogen-bond acceptors (Lipinski definition) is 2. The Hall–Kier alpha value is -0.960. The van der Waals surface area contributed by atoms with E-state index in [-0.39, 0.29) is 47.1 Å². The number of nitrogens with one attached hydrogen (secondary N) is 1. The molecule has 0 saturated heterocycles. The van der Waals surface area contributed by atoms with Crippen molar-refractivity contribution in [1.29, 1.82) is 0 Å². The molecule has 1 unspecified atom stereocenters. The maximum atomic E-state index is 13.4. The second-order valence-electron chi connectivity index (χ2n) is 5.57. The van der Waals surface area contributed by atoms with E-state index in [1.54, 1.807) is 7.11 Å². The number of anilines is 1. The molecule has 7 heteroatoms. The second kappa shape index (κ2) is 8.47. The molecule has 0 radical (unpaired) electrons. The number of nitrogens with two attached hydrogens (primary N) is 1. The van der Waals surface area contributed by atoms with Crippen LogP contribution in [0.1, 0.15) is 20.8 Å². The van der Waals surface area contributed by atoms with Crippen LogP contribution in [0.4, 0.5) is 14.5 Å². The SMILES string of the molecule is COC(CN=C(N)Nc1cc(F)ccc1F)C(C)(C)C.I. The number of benzene rings is 1. The van der Waals surface area contributed by atoms with Gasteiger partial charge in [-0.15, -0.1) is 24.0 Å². The van der Waals surface area contributed by atoms with Crippen molar-refractivity contribution < 1.29 is 13.5 Å². The van der Waals surface area contributed by atoms with Crippen molar-refractivity contribution in [1.82, 2.24) is 0 Å². The molecule has 0 aliphatic heterocycles. The fraction of sp³-hybridized carbons (Fsp3) is 0.500. The first-order chi connectivity index (χ1) is 9.24. The van der Waals surface area contributed by atoms with Crippen LogP contribution in [0.15, 0.2) is 23.2 Å². The quantitative estimate of drug-likeness (QED) is 0.452. The number of halogens is 3. The molecule has 4 nitrogen and oxygen atoms in total. The van der Waals surface area contributed by atoms with Gasteiger partial charge in [0.15, 0.2) is 5.96 Å². The van der Waals surface area contributed by atoms with E-state index < -0.39 is 11.6 Å². The van der Waals surface area contributed by atoms with Crippen LogP contribution in [-0.4, -0.2) is 25.7 Å². The molecule has 0 heterocycles. The summed E-state index contributed by atoms with van der Waals surface area (Å²) in [7, 11) is 1.60. The monoisotopic (exact) mass is 413 g/mol. The molecule has 1 aromatic rings. The highest BCUT2D eigenvalue weighted by atomic mass is 127. The van der Waals surface area contributed by atoms with Gasteiger partial charge in [0.25, 0.3) is 0 Å². The number of guanidine groups is 1. The van der Waals surface area contributed by atoms with Gasteiger partial charge in [-0.1, -0.05) is 20.8 Å². The molecule has 0 amide bonds. The smallest absolute Gasteiger partial charge is 0.193 e. The predicted molar refractivity (Wildman–Crippen MR) is 92.1 cm³/mol. The fourth-order valence-electron chi connectivity index (χ4n) is 1.65. The van der Waals surface area contributed by atoms with Crippen LogP contribution in [0.5, 0.6) is 0 Å². The summed E-state index contributed by atoms with van der Waals surface area (Å²) in [6.07, 6.45) is -0.125. The molecule has 120 valence electrons. The standard InChI is InChI=1S/C14H21F2N3O.HI/c1-14(2,3)12(20-4)8-18-13(17)19-11-7-9(15)5-6-10(11)16;/h5-7,12H,8H2,1-4H3,(H3,17,18,19);1H. The Kier molecular flexibility index (Phi) is 8.09. The van der Waals surface area contributed by atoms with Crippen LogP contribution in [0, 0.1) is 17.0 Å². The van der Waals surface area contributed by atoms with Gasteiger partial charge in [0.05, 0.1) is 18.3 Å². The van der Waals surface area contributed by atoms with Crippen LogP contribution in [0.25, 0.3) is 0 Å². The third kappa shape index (κ3) is 6.56. The zero-order valence-electron chi connectivity index (χ0n) is 12.6. The largest absolute Gasteiger partial charge is 0.379 e. The molecule has 1 aromatic carbocycles. The molecule has 1 rings (SSSR count). The van der Waals surface area contributed by atoms with Gasteiger partial charge >= 0.3 is 0 Å². The number of aliphatic imine (C=N–C) groups is 1. The summed E-state index contributed by atoms with van der Waals surface area (Å²) in [4.78, 5) is 4.10. The van der Waals surface area contributed by atoms with Crippen molar-refractivity contribution in [3.63, 3.8) is 0 Å². The topological polar surface area (TPSA) is 59.6 Å². The molecular formula is C14H22F2IN3O. The third-order valence-corrected chi connectivity index (χ3v) is 2.87. The Labute approximate surface area is 141 Å². The number of methoxy groups -OCH3 is 1. The molecule has 0 aromatic heterocycles. The first kappa shape index (κ1) is 20.0. The molecule has 0 bridgehead atoms. The van der Waals surface area contributed by atoms with Crippen molar-refractivity contribution in [2.45, 2.75) is 26.9 Å². The minimum absolute atomic E-state index is 0.